The zero-order chi connectivity index (χ0) is 25.1. The van der Waals surface area contributed by atoms with Crippen molar-refractivity contribution < 1.29 is 34.2 Å². The van der Waals surface area contributed by atoms with Crippen LogP contribution in [-0.2, 0) is 30.4 Å². The molecule has 0 saturated carbocycles. The van der Waals surface area contributed by atoms with Crippen molar-refractivity contribution in [2.24, 2.45) is 11.7 Å². The normalized spacial score (nSPS) is 14.5. The van der Waals surface area contributed by atoms with Crippen LogP contribution in [0.4, 0.5) is 0 Å². The molecular weight excluding hydrogens is 432 g/mol. The Labute approximate surface area is 192 Å². The van der Waals surface area contributed by atoms with Crippen molar-refractivity contribution in [2.45, 2.75) is 64.2 Å². The van der Waals surface area contributed by atoms with E-state index in [0.717, 1.165) is 5.56 Å². The number of hydrogen-bond donors (Lipinski definition) is 6. The molecule has 0 aliphatic rings. The van der Waals surface area contributed by atoms with Gasteiger partial charge in [0, 0.05) is 6.42 Å². The van der Waals surface area contributed by atoms with Gasteiger partial charge in [0.1, 0.15) is 18.1 Å². The molecule has 0 spiro atoms. The van der Waals surface area contributed by atoms with Crippen LogP contribution in [0.5, 0.6) is 0 Å². The maximum absolute atomic E-state index is 12.9. The highest BCUT2D eigenvalue weighted by molar-refractivity contribution is 5.94. The number of rotatable bonds is 13. The van der Waals surface area contributed by atoms with E-state index in [1.807, 2.05) is 6.07 Å². The van der Waals surface area contributed by atoms with Gasteiger partial charge in [-0.05, 0) is 31.2 Å². The van der Waals surface area contributed by atoms with E-state index >= 15 is 0 Å². The van der Waals surface area contributed by atoms with E-state index in [2.05, 4.69) is 16.0 Å². The van der Waals surface area contributed by atoms with Gasteiger partial charge >= 0.3 is 11.9 Å². The topological polar surface area (TPSA) is 188 Å². The zero-order valence-corrected chi connectivity index (χ0v) is 18.9. The molecule has 4 atom stereocenters. The quantitative estimate of drug-likeness (QED) is 0.228. The summed E-state index contributed by atoms with van der Waals surface area (Å²) in [5.74, 6) is -4.94. The van der Waals surface area contributed by atoms with E-state index in [4.69, 9.17) is 15.9 Å². The van der Waals surface area contributed by atoms with Gasteiger partial charge in [0.2, 0.25) is 17.7 Å². The summed E-state index contributed by atoms with van der Waals surface area (Å²) in [4.78, 5) is 59.9. The SMILES string of the molecule is CC(NC(=O)C(NC(=O)C(CCC(=O)O)NC(=O)C(N)Cc1ccccc1)C(C)C)C(=O)O. The van der Waals surface area contributed by atoms with Crippen molar-refractivity contribution in [3.05, 3.63) is 35.9 Å². The standard InChI is InChI=1S/C22H32N4O7/c1-12(2)18(21(31)24-13(3)22(32)33)26-20(30)16(9-10-17(27)28)25-19(29)15(23)11-14-7-5-4-6-8-14/h4-8,12-13,15-16,18H,9-11,23H2,1-3H3,(H,24,31)(H,25,29)(H,26,30)(H,27,28)(H,32,33). The minimum atomic E-state index is -1.25. The van der Waals surface area contributed by atoms with Gasteiger partial charge in [-0.1, -0.05) is 44.2 Å². The fourth-order valence-electron chi connectivity index (χ4n) is 2.93. The van der Waals surface area contributed by atoms with E-state index in [1.54, 1.807) is 38.1 Å². The van der Waals surface area contributed by atoms with Crippen molar-refractivity contribution >= 4 is 29.7 Å². The van der Waals surface area contributed by atoms with Crippen LogP contribution in [0.3, 0.4) is 0 Å². The summed E-state index contributed by atoms with van der Waals surface area (Å²) in [6, 6.07) is 4.51. The molecular formula is C22H32N4O7. The Bertz CT molecular complexity index is 844. The number of hydrogen-bond acceptors (Lipinski definition) is 6. The fraction of sp³-hybridized carbons (Fsp3) is 0.500. The summed E-state index contributed by atoms with van der Waals surface area (Å²) < 4.78 is 0. The van der Waals surface area contributed by atoms with Gasteiger partial charge in [0.05, 0.1) is 6.04 Å². The number of benzene rings is 1. The van der Waals surface area contributed by atoms with Gasteiger partial charge in [-0.15, -0.1) is 0 Å². The highest BCUT2D eigenvalue weighted by atomic mass is 16.4. The molecule has 0 radical (unpaired) electrons. The Hall–Kier alpha value is -3.47. The Kier molecular flexibility index (Phi) is 11.0. The number of amides is 3. The molecule has 33 heavy (non-hydrogen) atoms. The van der Waals surface area contributed by atoms with E-state index in [9.17, 15) is 24.0 Å². The molecule has 182 valence electrons. The molecule has 0 saturated heterocycles. The molecule has 4 unspecified atom stereocenters. The molecule has 0 aliphatic heterocycles. The number of nitrogens with one attached hydrogen (secondary N) is 3. The average Bonchev–Trinajstić information content (AvgIpc) is 2.74. The van der Waals surface area contributed by atoms with Gasteiger partial charge in [-0.3, -0.25) is 24.0 Å². The molecule has 0 bridgehead atoms. The maximum atomic E-state index is 12.9. The minimum Gasteiger partial charge on any atom is -0.481 e. The first-order chi connectivity index (χ1) is 15.4. The smallest absolute Gasteiger partial charge is 0.325 e. The molecule has 0 fully saturated rings. The van der Waals surface area contributed by atoms with Crippen LogP contribution in [0.1, 0.15) is 39.2 Å². The van der Waals surface area contributed by atoms with Gasteiger partial charge in [0.25, 0.3) is 0 Å². The summed E-state index contributed by atoms with van der Waals surface area (Å²) in [6.07, 6.45) is -0.409. The molecule has 1 rings (SSSR count). The summed E-state index contributed by atoms with van der Waals surface area (Å²) in [5, 5.41) is 25.2. The fourth-order valence-corrected chi connectivity index (χ4v) is 2.93. The lowest BCUT2D eigenvalue weighted by atomic mass is 10.0. The van der Waals surface area contributed by atoms with Gasteiger partial charge in [0.15, 0.2) is 0 Å². The molecule has 11 nitrogen and oxygen atoms in total. The predicted molar refractivity (Wildman–Crippen MR) is 119 cm³/mol. The second-order valence-electron chi connectivity index (χ2n) is 8.09. The molecule has 0 aliphatic carbocycles. The van der Waals surface area contributed by atoms with E-state index in [1.165, 1.54) is 6.92 Å². The summed E-state index contributed by atoms with van der Waals surface area (Å²) in [5.41, 5.74) is 6.77. The molecule has 7 N–H and O–H groups in total. The van der Waals surface area contributed by atoms with Crippen molar-refractivity contribution in [3.63, 3.8) is 0 Å². The number of carboxylic acids is 2. The van der Waals surface area contributed by atoms with Crippen molar-refractivity contribution in [3.8, 4) is 0 Å². The lowest BCUT2D eigenvalue weighted by Crippen LogP contribution is -2.58. The number of carbonyl (C=O) groups excluding carboxylic acids is 3. The first-order valence-corrected chi connectivity index (χ1v) is 10.6. The lowest BCUT2D eigenvalue weighted by molar-refractivity contribution is -0.142. The number of carboxylic acid groups (broad SMARTS) is 2. The van der Waals surface area contributed by atoms with Crippen LogP contribution in [0.25, 0.3) is 0 Å². The third kappa shape index (κ3) is 9.69. The van der Waals surface area contributed by atoms with E-state index in [-0.39, 0.29) is 12.8 Å². The van der Waals surface area contributed by atoms with Gasteiger partial charge in [-0.25, -0.2) is 0 Å². The van der Waals surface area contributed by atoms with Crippen LogP contribution in [0, 0.1) is 5.92 Å². The Morgan fingerprint density at radius 1 is 0.879 bits per heavy atom. The summed E-state index contributed by atoms with van der Waals surface area (Å²) in [6.45, 7) is 4.58. The summed E-state index contributed by atoms with van der Waals surface area (Å²) in [7, 11) is 0. The largest absolute Gasteiger partial charge is 0.481 e. The highest BCUT2D eigenvalue weighted by Gasteiger charge is 2.31. The van der Waals surface area contributed by atoms with Crippen LogP contribution < -0.4 is 21.7 Å². The Balaban J connectivity index is 2.90. The zero-order valence-electron chi connectivity index (χ0n) is 18.9. The minimum absolute atomic E-state index is 0.212. The van der Waals surface area contributed by atoms with E-state index < -0.39 is 66.2 Å². The first-order valence-electron chi connectivity index (χ1n) is 10.6. The second-order valence-corrected chi connectivity index (χ2v) is 8.09. The van der Waals surface area contributed by atoms with Gasteiger partial charge in [-0.2, -0.15) is 0 Å². The molecule has 0 heterocycles. The molecule has 11 heteroatoms. The van der Waals surface area contributed by atoms with Crippen molar-refractivity contribution in [1.29, 1.82) is 0 Å². The van der Waals surface area contributed by atoms with Crippen molar-refractivity contribution in [2.75, 3.05) is 0 Å². The van der Waals surface area contributed by atoms with Crippen molar-refractivity contribution in [1.82, 2.24) is 16.0 Å². The third-order valence-corrected chi connectivity index (χ3v) is 4.89. The van der Waals surface area contributed by atoms with Gasteiger partial charge < -0.3 is 31.9 Å². The highest BCUT2D eigenvalue weighted by Crippen LogP contribution is 2.07. The Morgan fingerprint density at radius 3 is 2.00 bits per heavy atom. The van der Waals surface area contributed by atoms with E-state index in [0.29, 0.717) is 0 Å². The number of nitrogens with two attached hydrogens (primary N) is 1. The monoisotopic (exact) mass is 464 g/mol. The number of carbonyl (C=O) groups is 5. The summed E-state index contributed by atoms with van der Waals surface area (Å²) >= 11 is 0. The second kappa shape index (κ2) is 13.2. The molecule has 1 aromatic carbocycles. The lowest BCUT2D eigenvalue weighted by Gasteiger charge is -2.26. The third-order valence-electron chi connectivity index (χ3n) is 4.89. The average molecular weight is 465 g/mol. The van der Waals surface area contributed by atoms with Crippen LogP contribution in [0.2, 0.25) is 0 Å². The molecule has 3 amide bonds. The molecule has 1 aromatic rings. The van der Waals surface area contributed by atoms with Crippen LogP contribution >= 0.6 is 0 Å². The molecule has 0 aromatic heterocycles. The Morgan fingerprint density at radius 2 is 1.48 bits per heavy atom. The predicted octanol–water partition coefficient (Wildman–Crippen LogP) is -0.364. The maximum Gasteiger partial charge on any atom is 0.325 e. The van der Waals surface area contributed by atoms with Crippen LogP contribution in [0.15, 0.2) is 30.3 Å². The first kappa shape index (κ1) is 27.6. The van der Waals surface area contributed by atoms with Crippen LogP contribution in [-0.4, -0.2) is 64.0 Å². The number of aliphatic carboxylic acids is 2.